The van der Waals surface area contributed by atoms with E-state index in [2.05, 4.69) is 10.2 Å². The summed E-state index contributed by atoms with van der Waals surface area (Å²) < 4.78 is 29.9. The summed E-state index contributed by atoms with van der Waals surface area (Å²) in [7, 11) is -0.375. The highest BCUT2D eigenvalue weighted by Crippen LogP contribution is 2.29. The van der Waals surface area contributed by atoms with Crippen LogP contribution in [0.1, 0.15) is 0 Å². The first-order valence-corrected chi connectivity index (χ1v) is 10.1. The third-order valence-electron chi connectivity index (χ3n) is 4.03. The highest BCUT2D eigenvalue weighted by molar-refractivity contribution is 7.87. The minimum absolute atomic E-state index is 0.157. The Kier molecular flexibility index (Phi) is 6.07. The standard InChI is InChI=1S/C20H18N4O5S/c1-23(2)17-11-7-15(8-12-17)21-22-16-9-13-18(14-10-16)30(27,28)29-20-6-4-3-5-19(20)24(25)26/h3-14H,1-2H3. The van der Waals surface area contributed by atoms with Gasteiger partial charge in [-0.15, -0.1) is 0 Å². The number of rotatable bonds is 7. The molecule has 0 spiro atoms. The summed E-state index contributed by atoms with van der Waals surface area (Å²) in [5.74, 6) is -0.354. The van der Waals surface area contributed by atoms with Crippen LogP contribution in [-0.2, 0) is 10.1 Å². The van der Waals surface area contributed by atoms with Crippen LogP contribution < -0.4 is 9.08 Å². The fourth-order valence-electron chi connectivity index (χ4n) is 2.46. The molecule has 30 heavy (non-hydrogen) atoms. The minimum Gasteiger partial charge on any atom is -0.378 e. The van der Waals surface area contributed by atoms with Crippen molar-refractivity contribution >= 4 is 32.9 Å². The summed E-state index contributed by atoms with van der Waals surface area (Å²) in [5, 5.41) is 19.2. The van der Waals surface area contributed by atoms with Crippen molar-refractivity contribution in [2.75, 3.05) is 19.0 Å². The Morgan fingerprint density at radius 2 is 1.40 bits per heavy atom. The predicted octanol–water partition coefficient (Wildman–Crippen LogP) is 4.84. The maximum Gasteiger partial charge on any atom is 0.339 e. The van der Waals surface area contributed by atoms with Gasteiger partial charge in [0.15, 0.2) is 0 Å². The van der Waals surface area contributed by atoms with Crippen molar-refractivity contribution in [1.29, 1.82) is 0 Å². The van der Waals surface area contributed by atoms with Crippen molar-refractivity contribution in [3.05, 3.63) is 82.9 Å². The van der Waals surface area contributed by atoms with E-state index in [9.17, 15) is 18.5 Å². The van der Waals surface area contributed by atoms with Crippen LogP contribution in [0.5, 0.6) is 5.75 Å². The Labute approximate surface area is 173 Å². The van der Waals surface area contributed by atoms with Gasteiger partial charge >= 0.3 is 15.8 Å². The number of anilines is 1. The number of nitrogens with zero attached hydrogens (tertiary/aromatic N) is 4. The molecule has 3 aromatic rings. The molecule has 0 amide bonds. The van der Waals surface area contributed by atoms with E-state index in [0.29, 0.717) is 11.4 Å². The Bertz CT molecular complexity index is 1170. The average Bonchev–Trinajstić information content (AvgIpc) is 2.73. The third kappa shape index (κ3) is 4.97. The van der Waals surface area contributed by atoms with Gasteiger partial charge in [-0.25, -0.2) is 0 Å². The molecule has 0 aliphatic carbocycles. The Balaban J connectivity index is 1.75. The number of nitro groups is 1. The van der Waals surface area contributed by atoms with Crippen LogP contribution in [0.4, 0.5) is 22.7 Å². The van der Waals surface area contributed by atoms with Crippen molar-refractivity contribution < 1.29 is 17.5 Å². The molecule has 0 heterocycles. The maximum atomic E-state index is 12.5. The summed E-state index contributed by atoms with van der Waals surface area (Å²) in [6.07, 6.45) is 0. The molecular weight excluding hydrogens is 408 g/mol. The lowest BCUT2D eigenvalue weighted by Crippen LogP contribution is -2.10. The second kappa shape index (κ2) is 8.70. The van der Waals surface area contributed by atoms with E-state index in [4.69, 9.17) is 4.18 Å². The largest absolute Gasteiger partial charge is 0.378 e. The molecule has 10 heteroatoms. The van der Waals surface area contributed by atoms with Gasteiger partial charge in [-0.3, -0.25) is 10.1 Å². The molecule has 0 bridgehead atoms. The lowest BCUT2D eigenvalue weighted by molar-refractivity contribution is -0.385. The molecule has 0 aliphatic rings. The van der Waals surface area contributed by atoms with Crippen LogP contribution in [0.3, 0.4) is 0 Å². The van der Waals surface area contributed by atoms with Gasteiger partial charge in [0.2, 0.25) is 5.75 Å². The molecule has 0 N–H and O–H groups in total. The monoisotopic (exact) mass is 426 g/mol. The Morgan fingerprint density at radius 3 is 1.93 bits per heavy atom. The summed E-state index contributed by atoms with van der Waals surface area (Å²) in [5.41, 5.74) is 1.68. The molecule has 0 unspecified atom stereocenters. The van der Waals surface area contributed by atoms with Crippen LogP contribution in [0.15, 0.2) is 87.9 Å². The second-order valence-electron chi connectivity index (χ2n) is 6.37. The van der Waals surface area contributed by atoms with E-state index in [1.807, 2.05) is 43.3 Å². The molecule has 9 nitrogen and oxygen atoms in total. The normalized spacial score (nSPS) is 11.4. The number of azo groups is 1. The van der Waals surface area contributed by atoms with Gasteiger partial charge in [0.05, 0.1) is 16.3 Å². The van der Waals surface area contributed by atoms with Crippen molar-refractivity contribution in [2.24, 2.45) is 10.2 Å². The molecule has 0 aliphatic heterocycles. The summed E-state index contributed by atoms with van der Waals surface area (Å²) in [4.78, 5) is 12.1. The molecule has 0 atom stereocenters. The van der Waals surface area contributed by atoms with Gasteiger partial charge in [0.1, 0.15) is 4.90 Å². The molecular formula is C20H18N4O5S. The maximum absolute atomic E-state index is 12.5. The van der Waals surface area contributed by atoms with Gasteiger partial charge in [0.25, 0.3) is 0 Å². The van der Waals surface area contributed by atoms with Crippen molar-refractivity contribution in [2.45, 2.75) is 4.90 Å². The van der Waals surface area contributed by atoms with E-state index >= 15 is 0 Å². The quantitative estimate of drug-likeness (QED) is 0.231. The van der Waals surface area contributed by atoms with Gasteiger partial charge in [-0.1, -0.05) is 12.1 Å². The van der Waals surface area contributed by atoms with Crippen LogP contribution >= 0.6 is 0 Å². The lowest BCUT2D eigenvalue weighted by atomic mass is 10.3. The molecule has 0 aromatic heterocycles. The lowest BCUT2D eigenvalue weighted by Gasteiger charge is -2.11. The molecule has 0 radical (unpaired) electrons. The number of hydrogen-bond donors (Lipinski definition) is 0. The minimum atomic E-state index is -4.25. The van der Waals surface area contributed by atoms with Crippen LogP contribution in [0.25, 0.3) is 0 Å². The van der Waals surface area contributed by atoms with Gasteiger partial charge in [0, 0.05) is 25.8 Å². The van der Waals surface area contributed by atoms with Crippen LogP contribution in [0.2, 0.25) is 0 Å². The highest BCUT2D eigenvalue weighted by atomic mass is 32.2. The first-order valence-electron chi connectivity index (χ1n) is 8.73. The van der Waals surface area contributed by atoms with Gasteiger partial charge in [-0.2, -0.15) is 18.6 Å². The smallest absolute Gasteiger partial charge is 0.339 e. The predicted molar refractivity (Wildman–Crippen MR) is 112 cm³/mol. The van der Waals surface area contributed by atoms with E-state index in [1.54, 1.807) is 0 Å². The van der Waals surface area contributed by atoms with E-state index in [1.165, 1.54) is 48.5 Å². The molecule has 0 saturated heterocycles. The van der Waals surface area contributed by atoms with Crippen molar-refractivity contribution in [3.63, 3.8) is 0 Å². The van der Waals surface area contributed by atoms with Crippen molar-refractivity contribution in [1.82, 2.24) is 0 Å². The summed E-state index contributed by atoms with van der Waals surface area (Å²) in [6.45, 7) is 0. The Morgan fingerprint density at radius 1 is 0.867 bits per heavy atom. The first kappa shape index (κ1) is 20.9. The van der Waals surface area contributed by atoms with E-state index in [0.717, 1.165) is 5.69 Å². The average molecular weight is 426 g/mol. The van der Waals surface area contributed by atoms with Gasteiger partial charge in [-0.05, 0) is 54.6 Å². The SMILES string of the molecule is CN(C)c1ccc(N=Nc2ccc(S(=O)(=O)Oc3ccccc3[N+](=O)[O-])cc2)cc1. The molecule has 3 rings (SSSR count). The van der Waals surface area contributed by atoms with Gasteiger partial charge < -0.3 is 9.08 Å². The zero-order chi connectivity index (χ0) is 21.7. The number of nitro benzene ring substituents is 1. The molecule has 154 valence electrons. The fourth-order valence-corrected chi connectivity index (χ4v) is 3.40. The van der Waals surface area contributed by atoms with E-state index in [-0.39, 0.29) is 10.6 Å². The molecule has 3 aromatic carbocycles. The summed E-state index contributed by atoms with van der Waals surface area (Å²) >= 11 is 0. The first-order chi connectivity index (χ1) is 14.3. The number of hydrogen-bond acceptors (Lipinski definition) is 8. The van der Waals surface area contributed by atoms with Crippen LogP contribution in [0, 0.1) is 10.1 Å². The fraction of sp³-hybridized carbons (Fsp3) is 0.100. The zero-order valence-corrected chi connectivity index (χ0v) is 17.0. The third-order valence-corrected chi connectivity index (χ3v) is 5.28. The number of benzene rings is 3. The van der Waals surface area contributed by atoms with Crippen molar-refractivity contribution in [3.8, 4) is 5.75 Å². The van der Waals surface area contributed by atoms with Crippen LogP contribution in [-0.4, -0.2) is 27.4 Å². The topological polar surface area (TPSA) is 114 Å². The zero-order valence-electron chi connectivity index (χ0n) is 16.2. The Hall–Kier alpha value is -3.79. The molecule has 0 saturated carbocycles. The second-order valence-corrected chi connectivity index (χ2v) is 7.91. The number of para-hydroxylation sites is 2. The highest BCUT2D eigenvalue weighted by Gasteiger charge is 2.22. The molecule has 0 fully saturated rings. The summed E-state index contributed by atoms with van der Waals surface area (Å²) in [6, 6.07) is 18.2. The van der Waals surface area contributed by atoms with E-state index < -0.39 is 20.7 Å².